The van der Waals surface area contributed by atoms with E-state index in [4.69, 9.17) is 14.9 Å². The molecular weight excluding hydrogens is 264 g/mol. The van der Waals surface area contributed by atoms with Gasteiger partial charge in [-0.3, -0.25) is 14.9 Å². The molecule has 7 heteroatoms. The van der Waals surface area contributed by atoms with Gasteiger partial charge in [0, 0.05) is 18.8 Å². The van der Waals surface area contributed by atoms with E-state index in [0.29, 0.717) is 12.0 Å². The van der Waals surface area contributed by atoms with Crippen LogP contribution in [0.1, 0.15) is 19.8 Å². The van der Waals surface area contributed by atoms with E-state index >= 15 is 0 Å². The molecule has 0 spiro atoms. The van der Waals surface area contributed by atoms with Gasteiger partial charge in [-0.2, -0.15) is 0 Å². The molecule has 0 aliphatic carbocycles. The molecule has 1 rings (SSSR count). The van der Waals surface area contributed by atoms with Gasteiger partial charge >= 0.3 is 0 Å². The van der Waals surface area contributed by atoms with Crippen molar-refractivity contribution >= 4 is 12.3 Å². The molecule has 2 amide bonds. The molecule has 1 aliphatic heterocycles. The quantitative estimate of drug-likeness (QED) is 0.381. The Morgan fingerprint density at radius 2 is 2.15 bits per heavy atom. The van der Waals surface area contributed by atoms with Crippen molar-refractivity contribution in [2.24, 2.45) is 0 Å². The fourth-order valence-corrected chi connectivity index (χ4v) is 1.74. The fraction of sp³-hybridized carbons (Fsp3) is 0.538. The molecule has 1 fully saturated rings. The van der Waals surface area contributed by atoms with E-state index in [1.165, 1.54) is 0 Å². The zero-order chi connectivity index (χ0) is 15.5. The minimum atomic E-state index is -0.427. The number of nitrogens with one attached hydrogen (secondary N) is 1. The van der Waals surface area contributed by atoms with Crippen molar-refractivity contribution in [3.63, 3.8) is 0 Å². The van der Waals surface area contributed by atoms with Gasteiger partial charge in [-0.15, -0.1) is 0 Å². The summed E-state index contributed by atoms with van der Waals surface area (Å²) in [5.74, 6) is -0.427. The van der Waals surface area contributed by atoms with E-state index in [-0.39, 0.29) is 18.9 Å². The maximum Gasteiger partial charge on any atom is 0.254 e. The highest BCUT2D eigenvalue weighted by Gasteiger charge is 2.26. The Kier molecular flexibility index (Phi) is 9.06. The average molecular weight is 286 g/mol. The molecule has 0 bridgehead atoms. The third-order valence-electron chi connectivity index (χ3n) is 2.69. The zero-order valence-corrected chi connectivity index (χ0v) is 11.8. The summed E-state index contributed by atoms with van der Waals surface area (Å²) in [5, 5.41) is 18.3. The van der Waals surface area contributed by atoms with Crippen LogP contribution in [0.25, 0.3) is 0 Å². The van der Waals surface area contributed by atoms with Crippen molar-refractivity contribution in [3.8, 4) is 0 Å². The van der Waals surface area contributed by atoms with Gasteiger partial charge < -0.3 is 19.8 Å². The van der Waals surface area contributed by atoms with Gasteiger partial charge in [0.25, 0.3) is 5.91 Å². The Labute approximate surface area is 118 Å². The smallest absolute Gasteiger partial charge is 0.254 e. The second-order valence-electron chi connectivity index (χ2n) is 4.22. The van der Waals surface area contributed by atoms with Crippen LogP contribution in [0.2, 0.25) is 0 Å². The summed E-state index contributed by atoms with van der Waals surface area (Å²) in [6.45, 7) is 4.55. The summed E-state index contributed by atoms with van der Waals surface area (Å²) in [6.07, 6.45) is 4.09. The first-order valence-corrected chi connectivity index (χ1v) is 6.16. The first kappa shape index (κ1) is 18.1. The Balaban J connectivity index is 0.00000110. The van der Waals surface area contributed by atoms with E-state index in [1.54, 1.807) is 25.1 Å². The molecular formula is C13H22N2O5. The van der Waals surface area contributed by atoms with Gasteiger partial charge in [0.2, 0.25) is 6.41 Å². The molecule has 114 valence electrons. The Morgan fingerprint density at radius 3 is 2.60 bits per heavy atom. The van der Waals surface area contributed by atoms with Crippen LogP contribution in [-0.2, 0) is 14.3 Å². The van der Waals surface area contributed by atoms with Crippen LogP contribution in [0.4, 0.5) is 0 Å². The second-order valence-corrected chi connectivity index (χ2v) is 4.22. The number of nitrogens with zero attached hydrogens (tertiary/aromatic N) is 1. The van der Waals surface area contributed by atoms with Crippen LogP contribution < -0.4 is 5.32 Å². The molecule has 0 saturated carbocycles. The minimum absolute atomic E-state index is 0.0126. The average Bonchev–Trinajstić information content (AvgIpc) is 2.88. The maximum atomic E-state index is 11.3. The van der Waals surface area contributed by atoms with Crippen LogP contribution >= 0.6 is 0 Å². The first-order valence-electron chi connectivity index (χ1n) is 6.16. The van der Waals surface area contributed by atoms with E-state index in [1.807, 2.05) is 0 Å². The number of hydrogen-bond acceptors (Lipinski definition) is 6. The van der Waals surface area contributed by atoms with Crippen molar-refractivity contribution in [2.45, 2.75) is 32.1 Å². The molecule has 7 nitrogen and oxygen atoms in total. The summed E-state index contributed by atoms with van der Waals surface area (Å²) in [5.41, 5.74) is 0.427. The highest BCUT2D eigenvalue weighted by molar-refractivity contribution is 5.98. The lowest BCUT2D eigenvalue weighted by molar-refractivity contribution is -0.122. The number of imide groups is 1. The number of aliphatic hydroxyl groups excluding tert-OH is 2. The topological polar surface area (TPSA) is 99.1 Å². The monoisotopic (exact) mass is 286 g/mol. The van der Waals surface area contributed by atoms with Crippen molar-refractivity contribution in [1.29, 1.82) is 0 Å². The molecule has 2 unspecified atom stereocenters. The lowest BCUT2D eigenvalue weighted by Crippen LogP contribution is -2.30. The van der Waals surface area contributed by atoms with Gasteiger partial charge in [0.1, 0.15) is 6.23 Å². The standard InChI is InChI=1S/C11H18N2O4.C2H4O/c1-8(11(16)12-7-15)5-13(2)10-4-3-9(6-14)17-10;1-2-3/h5,7,9-10,14H,3-4,6H2,1-2H3,(H,12,15,16);2-3H,1H2/b8-5-;. The Morgan fingerprint density at radius 1 is 1.55 bits per heavy atom. The predicted octanol–water partition coefficient (Wildman–Crippen LogP) is 0.280. The van der Waals surface area contributed by atoms with Gasteiger partial charge in [0.05, 0.1) is 19.0 Å². The lowest BCUT2D eigenvalue weighted by Gasteiger charge is -2.23. The zero-order valence-electron chi connectivity index (χ0n) is 11.8. The van der Waals surface area contributed by atoms with Crippen LogP contribution in [0, 0.1) is 0 Å². The largest absolute Gasteiger partial charge is 0.516 e. The van der Waals surface area contributed by atoms with Crippen LogP contribution in [-0.4, -0.2) is 53.4 Å². The third kappa shape index (κ3) is 6.35. The van der Waals surface area contributed by atoms with E-state index in [9.17, 15) is 9.59 Å². The third-order valence-corrected chi connectivity index (χ3v) is 2.69. The number of ether oxygens (including phenoxy) is 1. The number of rotatable bonds is 5. The molecule has 0 radical (unpaired) electrons. The Hall–Kier alpha value is -1.86. The summed E-state index contributed by atoms with van der Waals surface area (Å²) < 4.78 is 5.54. The van der Waals surface area contributed by atoms with Crippen molar-refractivity contribution in [2.75, 3.05) is 13.7 Å². The molecule has 1 heterocycles. The summed E-state index contributed by atoms with van der Waals surface area (Å²) in [4.78, 5) is 23.2. The van der Waals surface area contributed by atoms with E-state index in [0.717, 1.165) is 19.1 Å². The number of hydrogen-bond donors (Lipinski definition) is 3. The summed E-state index contributed by atoms with van der Waals surface area (Å²) in [7, 11) is 1.79. The predicted molar refractivity (Wildman–Crippen MR) is 73.5 cm³/mol. The highest BCUT2D eigenvalue weighted by Crippen LogP contribution is 2.21. The number of amides is 2. The maximum absolute atomic E-state index is 11.3. The fourth-order valence-electron chi connectivity index (χ4n) is 1.74. The highest BCUT2D eigenvalue weighted by atomic mass is 16.5. The van der Waals surface area contributed by atoms with Gasteiger partial charge in [-0.1, -0.05) is 6.58 Å². The molecule has 2 atom stereocenters. The molecule has 0 aromatic heterocycles. The lowest BCUT2D eigenvalue weighted by atomic mass is 10.2. The SMILES string of the molecule is C/C(=C/N(C)C1CCC(CO)O1)C(=O)NC=O.C=CO. The molecule has 1 saturated heterocycles. The number of aliphatic hydroxyl groups is 2. The molecule has 1 aliphatic rings. The van der Waals surface area contributed by atoms with E-state index in [2.05, 4.69) is 11.9 Å². The number of carbonyl (C=O) groups is 2. The van der Waals surface area contributed by atoms with Gasteiger partial charge in [0.15, 0.2) is 0 Å². The normalized spacial score (nSPS) is 21.4. The van der Waals surface area contributed by atoms with Crippen LogP contribution in [0.5, 0.6) is 0 Å². The van der Waals surface area contributed by atoms with Crippen molar-refractivity contribution in [3.05, 3.63) is 24.6 Å². The molecule has 3 N–H and O–H groups in total. The van der Waals surface area contributed by atoms with Gasteiger partial charge in [-0.25, -0.2) is 0 Å². The van der Waals surface area contributed by atoms with Crippen LogP contribution in [0.15, 0.2) is 24.6 Å². The van der Waals surface area contributed by atoms with Crippen LogP contribution in [0.3, 0.4) is 0 Å². The minimum Gasteiger partial charge on any atom is -0.516 e. The number of carbonyl (C=O) groups excluding carboxylic acids is 2. The first-order chi connectivity index (χ1) is 9.49. The molecule has 0 aromatic rings. The molecule has 0 aromatic carbocycles. The van der Waals surface area contributed by atoms with Crippen molar-refractivity contribution in [1.82, 2.24) is 10.2 Å². The molecule has 20 heavy (non-hydrogen) atoms. The Bertz CT molecular complexity index is 357. The second kappa shape index (κ2) is 9.99. The van der Waals surface area contributed by atoms with Gasteiger partial charge in [-0.05, 0) is 19.8 Å². The summed E-state index contributed by atoms with van der Waals surface area (Å²) >= 11 is 0. The van der Waals surface area contributed by atoms with E-state index < -0.39 is 5.91 Å². The van der Waals surface area contributed by atoms with Crippen molar-refractivity contribution < 1.29 is 24.5 Å². The summed E-state index contributed by atoms with van der Waals surface area (Å²) in [6, 6.07) is 0.